The summed E-state index contributed by atoms with van der Waals surface area (Å²) in [5.41, 5.74) is 2.41. The maximum Gasteiger partial charge on any atom is 0.255 e. The summed E-state index contributed by atoms with van der Waals surface area (Å²) in [6.07, 6.45) is 2.13. The molecule has 6 nitrogen and oxygen atoms in total. The largest absolute Gasteiger partial charge is 0.345 e. The minimum Gasteiger partial charge on any atom is -0.345 e. The molecule has 156 valence electrons. The maximum absolute atomic E-state index is 12.8. The first-order valence-corrected chi connectivity index (χ1v) is 10.7. The van der Waals surface area contributed by atoms with Crippen LogP contribution < -0.4 is 5.32 Å². The van der Waals surface area contributed by atoms with Crippen LogP contribution in [0.2, 0.25) is 10.0 Å². The van der Waals surface area contributed by atoms with Gasteiger partial charge >= 0.3 is 0 Å². The number of likely N-dealkylation sites (tertiary alicyclic amines) is 1. The van der Waals surface area contributed by atoms with Gasteiger partial charge < -0.3 is 15.2 Å². The topological polar surface area (TPSA) is 78.1 Å². The fourth-order valence-electron chi connectivity index (χ4n) is 3.76. The van der Waals surface area contributed by atoms with Crippen LogP contribution in [0.1, 0.15) is 46.3 Å². The summed E-state index contributed by atoms with van der Waals surface area (Å²) >= 11 is 12.3. The summed E-state index contributed by atoms with van der Waals surface area (Å²) in [5, 5.41) is 3.70. The van der Waals surface area contributed by atoms with Crippen molar-refractivity contribution >= 4 is 46.0 Å². The number of carbonyl (C=O) groups is 2. The summed E-state index contributed by atoms with van der Waals surface area (Å²) in [6.45, 7) is 3.85. The first kappa shape index (κ1) is 20.7. The Balaban J connectivity index is 1.42. The van der Waals surface area contributed by atoms with E-state index in [2.05, 4.69) is 22.2 Å². The van der Waals surface area contributed by atoms with Crippen LogP contribution in [-0.4, -0.2) is 39.8 Å². The number of carbonyl (C=O) groups excluding carboxylic acids is 2. The monoisotopic (exact) mass is 444 g/mol. The van der Waals surface area contributed by atoms with Crippen LogP contribution in [0.25, 0.3) is 11.0 Å². The predicted octanol–water partition coefficient (Wildman–Crippen LogP) is 4.67. The molecule has 0 bridgehead atoms. The number of imidazole rings is 1. The highest BCUT2D eigenvalue weighted by atomic mass is 35.5. The summed E-state index contributed by atoms with van der Waals surface area (Å²) < 4.78 is 0. The van der Waals surface area contributed by atoms with Gasteiger partial charge in [-0.2, -0.15) is 0 Å². The lowest BCUT2D eigenvalue weighted by Gasteiger charge is -2.31. The highest BCUT2D eigenvalue weighted by Gasteiger charge is 2.24. The number of aromatic nitrogens is 2. The average Bonchev–Trinajstić information content (AvgIpc) is 3.13. The number of hydrogen-bond donors (Lipinski definition) is 2. The second kappa shape index (κ2) is 8.66. The molecule has 3 aromatic rings. The Kier molecular flexibility index (Phi) is 5.97. The van der Waals surface area contributed by atoms with Crippen LogP contribution in [-0.2, 0) is 6.54 Å². The molecule has 1 fully saturated rings. The smallest absolute Gasteiger partial charge is 0.255 e. The lowest BCUT2D eigenvalue weighted by atomic mass is 9.99. The van der Waals surface area contributed by atoms with Crippen LogP contribution in [0.15, 0.2) is 36.4 Å². The van der Waals surface area contributed by atoms with Crippen molar-refractivity contribution in [3.63, 3.8) is 0 Å². The third-order valence-corrected chi connectivity index (χ3v) is 5.86. The fraction of sp³-hybridized carbons (Fsp3) is 0.318. The molecule has 8 heteroatoms. The number of rotatable bonds is 4. The fourth-order valence-corrected chi connectivity index (χ4v) is 4.18. The standard InChI is InChI=1S/C22H22Cl2N4O2/c1-13-3-2-8-28(12-13)22(30)16-6-4-14(9-17(16)24)21(29)25-11-20-26-18-7-5-15(23)10-19(18)27-20/h4-7,9-10,13H,2-3,8,11-12H2,1H3,(H,25,29)(H,26,27). The zero-order valence-corrected chi connectivity index (χ0v) is 18.1. The first-order valence-electron chi connectivity index (χ1n) is 9.92. The number of hydrogen-bond acceptors (Lipinski definition) is 3. The Labute approximate surface area is 184 Å². The molecule has 2 amide bonds. The Morgan fingerprint density at radius 3 is 2.83 bits per heavy atom. The van der Waals surface area contributed by atoms with E-state index in [0.29, 0.717) is 27.9 Å². The molecule has 1 aromatic heterocycles. The molecule has 0 saturated carbocycles. The van der Waals surface area contributed by atoms with E-state index in [1.165, 1.54) is 6.07 Å². The summed E-state index contributed by atoms with van der Waals surface area (Å²) in [4.78, 5) is 34.7. The van der Waals surface area contributed by atoms with E-state index in [1.54, 1.807) is 24.3 Å². The Hall–Kier alpha value is -2.57. The van der Waals surface area contributed by atoms with Crippen LogP contribution in [0.4, 0.5) is 0 Å². The number of amides is 2. The Bertz CT molecular complexity index is 1110. The SMILES string of the molecule is CC1CCCN(C(=O)c2ccc(C(=O)NCc3nc4cc(Cl)ccc4[nH]3)cc2Cl)C1. The van der Waals surface area contributed by atoms with Gasteiger partial charge in [-0.15, -0.1) is 0 Å². The number of piperidine rings is 1. The zero-order valence-electron chi connectivity index (χ0n) is 16.5. The van der Waals surface area contributed by atoms with E-state index in [-0.39, 0.29) is 23.4 Å². The molecule has 1 aliphatic heterocycles. The van der Waals surface area contributed by atoms with Crippen molar-refractivity contribution in [3.8, 4) is 0 Å². The molecule has 2 heterocycles. The minimum absolute atomic E-state index is 0.0838. The Morgan fingerprint density at radius 1 is 1.23 bits per heavy atom. The third kappa shape index (κ3) is 4.45. The number of aromatic amines is 1. The maximum atomic E-state index is 12.8. The molecule has 1 aliphatic rings. The highest BCUT2D eigenvalue weighted by molar-refractivity contribution is 6.34. The van der Waals surface area contributed by atoms with Gasteiger partial charge in [-0.05, 0) is 55.2 Å². The van der Waals surface area contributed by atoms with Gasteiger partial charge in [-0.25, -0.2) is 4.98 Å². The van der Waals surface area contributed by atoms with Gasteiger partial charge in [-0.1, -0.05) is 30.1 Å². The van der Waals surface area contributed by atoms with Crippen LogP contribution >= 0.6 is 23.2 Å². The van der Waals surface area contributed by atoms with Gasteiger partial charge in [0.1, 0.15) is 5.82 Å². The zero-order chi connectivity index (χ0) is 21.3. The molecule has 0 spiro atoms. The van der Waals surface area contributed by atoms with Crippen molar-refractivity contribution < 1.29 is 9.59 Å². The van der Waals surface area contributed by atoms with E-state index >= 15 is 0 Å². The summed E-state index contributed by atoms with van der Waals surface area (Å²) in [6, 6.07) is 10.2. The van der Waals surface area contributed by atoms with E-state index in [1.807, 2.05) is 11.0 Å². The van der Waals surface area contributed by atoms with Crippen LogP contribution in [0.3, 0.4) is 0 Å². The number of halogens is 2. The molecule has 2 aromatic carbocycles. The van der Waals surface area contributed by atoms with Gasteiger partial charge in [0.05, 0.1) is 28.2 Å². The Morgan fingerprint density at radius 2 is 2.07 bits per heavy atom. The molecule has 4 rings (SSSR count). The van der Waals surface area contributed by atoms with Crippen molar-refractivity contribution in [2.75, 3.05) is 13.1 Å². The number of nitrogens with one attached hydrogen (secondary N) is 2. The van der Waals surface area contributed by atoms with E-state index in [0.717, 1.165) is 37.0 Å². The molecular weight excluding hydrogens is 423 g/mol. The molecular formula is C22H22Cl2N4O2. The average molecular weight is 445 g/mol. The highest BCUT2D eigenvalue weighted by Crippen LogP contribution is 2.23. The van der Waals surface area contributed by atoms with Gasteiger partial charge in [0.15, 0.2) is 0 Å². The van der Waals surface area contributed by atoms with Gasteiger partial charge in [0.2, 0.25) is 0 Å². The van der Waals surface area contributed by atoms with Crippen molar-refractivity contribution in [1.29, 1.82) is 0 Å². The molecule has 1 unspecified atom stereocenters. The minimum atomic E-state index is -0.291. The van der Waals surface area contributed by atoms with Gasteiger partial charge in [0, 0.05) is 23.7 Å². The van der Waals surface area contributed by atoms with Gasteiger partial charge in [-0.3, -0.25) is 9.59 Å². The number of H-pyrrole nitrogens is 1. The van der Waals surface area contributed by atoms with Gasteiger partial charge in [0.25, 0.3) is 11.8 Å². The quantitative estimate of drug-likeness (QED) is 0.613. The second-order valence-corrected chi connectivity index (χ2v) is 8.56. The van der Waals surface area contributed by atoms with Crippen LogP contribution in [0, 0.1) is 5.92 Å². The summed E-state index contributed by atoms with van der Waals surface area (Å²) in [5.74, 6) is 0.735. The normalized spacial score (nSPS) is 16.6. The number of benzene rings is 2. The van der Waals surface area contributed by atoms with E-state index in [9.17, 15) is 9.59 Å². The predicted molar refractivity (Wildman–Crippen MR) is 118 cm³/mol. The van der Waals surface area contributed by atoms with Crippen molar-refractivity contribution in [1.82, 2.24) is 20.2 Å². The van der Waals surface area contributed by atoms with E-state index < -0.39 is 0 Å². The van der Waals surface area contributed by atoms with E-state index in [4.69, 9.17) is 23.2 Å². The first-order chi connectivity index (χ1) is 14.4. The molecule has 1 saturated heterocycles. The number of fused-ring (bicyclic) bond motifs is 1. The summed E-state index contributed by atoms with van der Waals surface area (Å²) in [7, 11) is 0. The van der Waals surface area contributed by atoms with Crippen molar-refractivity contribution in [2.45, 2.75) is 26.3 Å². The molecule has 1 atom stereocenters. The lowest BCUT2D eigenvalue weighted by molar-refractivity contribution is 0.0683. The second-order valence-electron chi connectivity index (χ2n) is 7.72. The molecule has 0 radical (unpaired) electrons. The number of nitrogens with zero attached hydrogens (tertiary/aromatic N) is 2. The van der Waals surface area contributed by atoms with Crippen molar-refractivity contribution in [3.05, 3.63) is 63.4 Å². The van der Waals surface area contributed by atoms with Crippen molar-refractivity contribution in [2.24, 2.45) is 5.92 Å². The van der Waals surface area contributed by atoms with Crippen LogP contribution in [0.5, 0.6) is 0 Å². The molecule has 30 heavy (non-hydrogen) atoms. The molecule has 0 aliphatic carbocycles. The third-order valence-electron chi connectivity index (χ3n) is 5.32. The lowest BCUT2D eigenvalue weighted by Crippen LogP contribution is -2.39. The molecule has 2 N–H and O–H groups in total.